The van der Waals surface area contributed by atoms with Gasteiger partial charge in [0.25, 0.3) is 0 Å². The van der Waals surface area contributed by atoms with E-state index in [4.69, 9.17) is 11.6 Å². The van der Waals surface area contributed by atoms with Crippen LogP contribution in [0.15, 0.2) is 60.7 Å². The Morgan fingerprint density at radius 1 is 1.15 bits per heavy atom. The van der Waals surface area contributed by atoms with E-state index in [1.807, 2.05) is 20.8 Å². The molecular weight excluding hydrogens is 536 g/mol. The van der Waals surface area contributed by atoms with Crippen molar-refractivity contribution in [1.29, 1.82) is 5.26 Å². The normalized spacial score (nSPS) is 20.7. The lowest BCUT2D eigenvalue weighted by Gasteiger charge is -2.39. The molecule has 9 heteroatoms. The highest BCUT2D eigenvalue weighted by Gasteiger charge is 2.60. The van der Waals surface area contributed by atoms with Crippen molar-refractivity contribution in [2.24, 2.45) is 5.41 Å². The number of hydrogen-bond donors (Lipinski definition) is 2. The Morgan fingerprint density at radius 2 is 1.82 bits per heavy atom. The Kier molecular flexibility index (Phi) is 7.91. The summed E-state index contributed by atoms with van der Waals surface area (Å²) in [5, 5.41) is 22.7. The molecule has 3 atom stereocenters. The molecule has 3 aromatic carbocycles. The number of aromatic carboxylic acids is 1. The molecule has 1 heterocycles. The van der Waals surface area contributed by atoms with Gasteiger partial charge in [0, 0.05) is 23.7 Å². The first-order valence-corrected chi connectivity index (χ1v) is 13.2. The number of hydrogen-bond acceptors (Lipinski definition) is 3. The molecule has 1 fully saturated rings. The number of anilines is 1. The summed E-state index contributed by atoms with van der Waals surface area (Å²) >= 11 is 6.14. The first kappa shape index (κ1) is 29.0. The first-order valence-electron chi connectivity index (χ1n) is 12.8. The maximum atomic E-state index is 15.7. The average molecular weight is 566 g/mol. The second-order valence-corrected chi connectivity index (χ2v) is 11.8. The lowest BCUT2D eigenvalue weighted by atomic mass is 9.64. The zero-order valence-corrected chi connectivity index (χ0v) is 23.4. The van der Waals surface area contributed by atoms with Crippen LogP contribution in [-0.2, 0) is 5.41 Å². The Hall–Kier alpha value is -3.96. The van der Waals surface area contributed by atoms with Gasteiger partial charge in [0.2, 0.25) is 0 Å². The molecule has 0 saturated carbocycles. The van der Waals surface area contributed by atoms with Gasteiger partial charge in [-0.25, -0.2) is 18.4 Å². The second kappa shape index (κ2) is 10.9. The monoisotopic (exact) mass is 565 g/mol. The molecule has 0 spiro atoms. The number of carboxylic acids is 1. The molecule has 6 nitrogen and oxygen atoms in total. The van der Waals surface area contributed by atoms with Crippen LogP contribution in [0.2, 0.25) is 5.02 Å². The number of nitrogens with zero attached hydrogens (tertiary/aromatic N) is 2. The molecule has 1 saturated heterocycles. The van der Waals surface area contributed by atoms with Gasteiger partial charge in [-0.2, -0.15) is 5.26 Å². The third-order valence-corrected chi connectivity index (χ3v) is 7.68. The van der Waals surface area contributed by atoms with Crippen molar-refractivity contribution in [2.75, 3.05) is 11.9 Å². The van der Waals surface area contributed by atoms with Crippen molar-refractivity contribution in [1.82, 2.24) is 4.90 Å². The zero-order chi connectivity index (χ0) is 29.4. The maximum Gasteiger partial charge on any atom is 0.335 e. The number of aryl methyl sites for hydroxylation is 1. The Balaban J connectivity index is 1.90. The molecule has 0 aromatic heterocycles. The summed E-state index contributed by atoms with van der Waals surface area (Å²) in [5.41, 5.74) is -0.803. The summed E-state index contributed by atoms with van der Waals surface area (Å²) in [4.78, 5) is 26.5. The average Bonchev–Trinajstić information content (AvgIpc) is 3.19. The van der Waals surface area contributed by atoms with Crippen LogP contribution in [0.3, 0.4) is 0 Å². The van der Waals surface area contributed by atoms with E-state index in [0.717, 1.165) is 0 Å². The minimum Gasteiger partial charge on any atom is -0.478 e. The van der Waals surface area contributed by atoms with Crippen molar-refractivity contribution >= 4 is 29.3 Å². The van der Waals surface area contributed by atoms with E-state index in [-0.39, 0.29) is 28.3 Å². The standard InChI is InChI=1S/C31H30ClF2N3O3/c1-18-8-13-22(25(33)14-18)31(17-35)23(21-6-5-7-24(32)27(21)34)16-37(26(31)15-30(2,3)4)29(40)36-20-11-9-19(10-12-20)28(38)39/h5-14,23,26H,15-16H2,1-4H3,(H,36,40)(H,38,39)/t23?,26?,31-/m1/s1. The smallest absolute Gasteiger partial charge is 0.335 e. The zero-order valence-electron chi connectivity index (χ0n) is 22.6. The fourth-order valence-corrected chi connectivity index (χ4v) is 5.76. The number of carboxylic acid groups (broad SMARTS) is 1. The van der Waals surface area contributed by atoms with Crippen LogP contribution in [-0.4, -0.2) is 34.6 Å². The number of halogens is 3. The van der Waals surface area contributed by atoms with Gasteiger partial charge in [-0.15, -0.1) is 0 Å². The number of nitrogens with one attached hydrogen (secondary N) is 1. The summed E-state index contributed by atoms with van der Waals surface area (Å²) in [6, 6.07) is 15.6. The summed E-state index contributed by atoms with van der Waals surface area (Å²) < 4.78 is 31.3. The minimum atomic E-state index is -1.65. The number of likely N-dealkylation sites (tertiary alicyclic amines) is 1. The highest BCUT2D eigenvalue weighted by Crippen LogP contribution is 2.53. The first-order chi connectivity index (χ1) is 18.8. The summed E-state index contributed by atoms with van der Waals surface area (Å²) in [7, 11) is 0. The lowest BCUT2D eigenvalue weighted by molar-refractivity contribution is 0.0697. The highest BCUT2D eigenvalue weighted by atomic mass is 35.5. The molecule has 0 aliphatic carbocycles. The van der Waals surface area contributed by atoms with Crippen molar-refractivity contribution in [3.8, 4) is 6.07 Å². The minimum absolute atomic E-state index is 0.0552. The number of rotatable bonds is 5. The van der Waals surface area contributed by atoms with Crippen LogP contribution in [0, 0.1) is 35.3 Å². The molecule has 1 aliphatic heterocycles. The van der Waals surface area contributed by atoms with Crippen molar-refractivity contribution in [3.05, 3.63) is 99.6 Å². The van der Waals surface area contributed by atoms with Gasteiger partial charge in [-0.3, -0.25) is 0 Å². The number of benzene rings is 3. The summed E-state index contributed by atoms with van der Waals surface area (Å²) in [6.07, 6.45) is 0.304. The van der Waals surface area contributed by atoms with E-state index in [2.05, 4.69) is 11.4 Å². The lowest BCUT2D eigenvalue weighted by Crippen LogP contribution is -2.49. The van der Waals surface area contributed by atoms with Gasteiger partial charge in [0.15, 0.2) is 0 Å². The van der Waals surface area contributed by atoms with E-state index in [9.17, 15) is 20.0 Å². The van der Waals surface area contributed by atoms with Crippen LogP contribution in [0.4, 0.5) is 19.3 Å². The number of urea groups is 1. The van der Waals surface area contributed by atoms with Gasteiger partial charge in [-0.05, 0) is 66.3 Å². The Labute approximate surface area is 237 Å². The molecular formula is C31H30ClF2N3O3. The second-order valence-electron chi connectivity index (χ2n) is 11.4. The van der Waals surface area contributed by atoms with Crippen LogP contribution in [0.1, 0.15) is 60.2 Å². The quantitative estimate of drug-likeness (QED) is 0.334. The van der Waals surface area contributed by atoms with E-state index in [1.54, 1.807) is 25.1 Å². The van der Waals surface area contributed by atoms with Crippen LogP contribution < -0.4 is 5.32 Å². The molecule has 40 heavy (non-hydrogen) atoms. The largest absolute Gasteiger partial charge is 0.478 e. The van der Waals surface area contributed by atoms with Crippen molar-refractivity contribution in [2.45, 2.75) is 51.5 Å². The number of amides is 2. The highest BCUT2D eigenvalue weighted by molar-refractivity contribution is 6.30. The van der Waals surface area contributed by atoms with Crippen LogP contribution in [0.5, 0.6) is 0 Å². The van der Waals surface area contributed by atoms with Crippen LogP contribution in [0.25, 0.3) is 0 Å². The number of carbonyl (C=O) groups excluding carboxylic acids is 1. The van der Waals surface area contributed by atoms with Gasteiger partial charge in [0.1, 0.15) is 17.0 Å². The third kappa shape index (κ3) is 5.39. The summed E-state index contributed by atoms with van der Waals surface area (Å²) in [6.45, 7) is 7.51. The van der Waals surface area contributed by atoms with Gasteiger partial charge in [-0.1, -0.05) is 56.6 Å². The predicted octanol–water partition coefficient (Wildman–Crippen LogP) is 7.52. The van der Waals surface area contributed by atoms with Crippen molar-refractivity contribution < 1.29 is 23.5 Å². The molecule has 0 bridgehead atoms. The molecule has 4 rings (SSSR count). The SMILES string of the molecule is Cc1ccc([C@]2(C#N)C(c3cccc(Cl)c3F)CN(C(=O)Nc3ccc(C(=O)O)cc3)C2CC(C)(C)C)c(F)c1. The maximum absolute atomic E-state index is 15.7. The molecule has 2 N–H and O–H groups in total. The van der Waals surface area contributed by atoms with Gasteiger partial charge >= 0.3 is 12.0 Å². The Bertz CT molecular complexity index is 1500. The summed E-state index contributed by atoms with van der Waals surface area (Å²) in [5.74, 6) is -3.38. The predicted molar refractivity (Wildman–Crippen MR) is 150 cm³/mol. The topological polar surface area (TPSA) is 93.4 Å². The fourth-order valence-electron chi connectivity index (χ4n) is 5.58. The Morgan fingerprint density at radius 3 is 2.40 bits per heavy atom. The number of carbonyl (C=O) groups is 2. The molecule has 3 aromatic rings. The van der Waals surface area contributed by atoms with E-state index in [1.165, 1.54) is 47.4 Å². The molecule has 1 aliphatic rings. The van der Waals surface area contributed by atoms with Crippen molar-refractivity contribution in [3.63, 3.8) is 0 Å². The van der Waals surface area contributed by atoms with Gasteiger partial charge in [0.05, 0.1) is 22.7 Å². The molecule has 2 amide bonds. The van der Waals surface area contributed by atoms with E-state index < -0.39 is 46.4 Å². The van der Waals surface area contributed by atoms with E-state index in [0.29, 0.717) is 17.7 Å². The fraction of sp³-hybridized carbons (Fsp3) is 0.323. The molecule has 208 valence electrons. The molecule has 0 radical (unpaired) electrons. The van der Waals surface area contributed by atoms with Crippen LogP contribution >= 0.6 is 11.6 Å². The van der Waals surface area contributed by atoms with E-state index >= 15 is 8.78 Å². The van der Waals surface area contributed by atoms with Gasteiger partial charge < -0.3 is 15.3 Å². The third-order valence-electron chi connectivity index (χ3n) is 7.39. The molecule has 2 unspecified atom stereocenters. The number of nitriles is 1.